The molecule has 1 aromatic carbocycles. The summed E-state index contributed by atoms with van der Waals surface area (Å²) in [4.78, 5) is 24.5. The molecule has 1 aliphatic rings. The number of benzene rings is 1. The number of hydrogen-bond donors (Lipinski definition) is 1. The van der Waals surface area contributed by atoms with Crippen LogP contribution in [0, 0.1) is 21.4 Å². The number of nitrogens with zero attached hydrogens (tertiary/aromatic N) is 6. The van der Waals surface area contributed by atoms with Crippen LogP contribution in [-0.2, 0) is 4.74 Å². The van der Waals surface area contributed by atoms with Gasteiger partial charge in [0.05, 0.1) is 18.1 Å². The molecule has 1 aliphatic heterocycles. The zero-order valence-corrected chi connectivity index (χ0v) is 12.5. The van der Waals surface area contributed by atoms with Gasteiger partial charge in [0.2, 0.25) is 17.7 Å². The molecule has 0 radical (unpaired) electrons. The maximum Gasteiger partial charge on any atom is 0.269 e. The number of hydrogen-bond acceptors (Lipinski definition) is 9. The minimum Gasteiger partial charge on any atom is -0.378 e. The maximum absolute atomic E-state index is 10.7. The van der Waals surface area contributed by atoms with Gasteiger partial charge >= 0.3 is 0 Å². The summed E-state index contributed by atoms with van der Waals surface area (Å²) in [7, 11) is 0. The second-order valence-corrected chi connectivity index (χ2v) is 4.92. The maximum atomic E-state index is 10.7. The van der Waals surface area contributed by atoms with E-state index in [9.17, 15) is 10.1 Å². The molecule has 10 nitrogen and oxygen atoms in total. The second kappa shape index (κ2) is 6.84. The van der Waals surface area contributed by atoms with Crippen LogP contribution >= 0.6 is 0 Å². The van der Waals surface area contributed by atoms with Crippen molar-refractivity contribution >= 4 is 23.3 Å². The lowest BCUT2D eigenvalue weighted by Crippen LogP contribution is -2.37. The Hall–Kier alpha value is -3.32. The molecule has 24 heavy (non-hydrogen) atoms. The molecule has 10 heteroatoms. The number of ether oxygens (including phenoxy) is 1. The number of nitro benzene ring substituents is 1. The van der Waals surface area contributed by atoms with Crippen molar-refractivity contribution in [1.82, 2.24) is 15.0 Å². The molecule has 2 heterocycles. The van der Waals surface area contributed by atoms with Crippen LogP contribution in [0.1, 0.15) is 5.82 Å². The van der Waals surface area contributed by atoms with Gasteiger partial charge in [-0.05, 0) is 12.1 Å². The monoisotopic (exact) mass is 327 g/mol. The fourth-order valence-electron chi connectivity index (χ4n) is 2.17. The molecule has 1 fully saturated rings. The van der Waals surface area contributed by atoms with Crippen molar-refractivity contribution in [1.29, 1.82) is 5.26 Å². The molecule has 0 unspecified atom stereocenters. The summed E-state index contributed by atoms with van der Waals surface area (Å²) in [6.07, 6.45) is 0. The molecule has 1 saturated heterocycles. The van der Waals surface area contributed by atoms with E-state index in [1.807, 2.05) is 11.0 Å². The molecule has 122 valence electrons. The first kappa shape index (κ1) is 15.6. The fourth-order valence-corrected chi connectivity index (χ4v) is 2.17. The van der Waals surface area contributed by atoms with Gasteiger partial charge in [-0.3, -0.25) is 10.1 Å². The second-order valence-electron chi connectivity index (χ2n) is 4.92. The van der Waals surface area contributed by atoms with E-state index in [4.69, 9.17) is 10.00 Å². The Balaban J connectivity index is 1.84. The van der Waals surface area contributed by atoms with Crippen molar-refractivity contribution in [3.8, 4) is 6.07 Å². The van der Waals surface area contributed by atoms with Crippen molar-refractivity contribution in [3.63, 3.8) is 0 Å². The molecule has 1 N–H and O–H groups in total. The molecule has 0 saturated carbocycles. The SMILES string of the molecule is N#Cc1nc(Nc2ccc([N+](=O)[O-])cc2)nc(N2CCOCC2)n1. The van der Waals surface area contributed by atoms with Gasteiger partial charge in [0, 0.05) is 30.9 Å². The Kier molecular flexibility index (Phi) is 4.44. The molecular weight excluding hydrogens is 314 g/mol. The topological polar surface area (TPSA) is 130 Å². The van der Waals surface area contributed by atoms with E-state index in [1.165, 1.54) is 12.1 Å². The third-order valence-corrected chi connectivity index (χ3v) is 3.35. The van der Waals surface area contributed by atoms with Crippen LogP contribution in [0.3, 0.4) is 0 Å². The van der Waals surface area contributed by atoms with Crippen LogP contribution in [0.5, 0.6) is 0 Å². The molecule has 1 aromatic heterocycles. The summed E-state index contributed by atoms with van der Waals surface area (Å²) in [6.45, 7) is 2.40. The summed E-state index contributed by atoms with van der Waals surface area (Å²) in [5.74, 6) is 0.599. The molecule has 0 bridgehead atoms. The van der Waals surface area contributed by atoms with Crippen LogP contribution in [-0.4, -0.2) is 46.2 Å². The largest absolute Gasteiger partial charge is 0.378 e. The fraction of sp³-hybridized carbons (Fsp3) is 0.286. The molecule has 2 aromatic rings. The van der Waals surface area contributed by atoms with Gasteiger partial charge in [0.15, 0.2) is 0 Å². The van der Waals surface area contributed by atoms with E-state index in [0.717, 1.165) is 0 Å². The Morgan fingerprint density at radius 1 is 1.21 bits per heavy atom. The number of anilines is 3. The number of nitriles is 1. The van der Waals surface area contributed by atoms with Gasteiger partial charge in [0.1, 0.15) is 6.07 Å². The Morgan fingerprint density at radius 3 is 2.54 bits per heavy atom. The molecular formula is C14H13N7O3. The number of morpholine rings is 1. The van der Waals surface area contributed by atoms with Crippen molar-refractivity contribution in [2.45, 2.75) is 0 Å². The highest BCUT2D eigenvalue weighted by Crippen LogP contribution is 2.19. The van der Waals surface area contributed by atoms with Gasteiger partial charge in [-0.25, -0.2) is 0 Å². The summed E-state index contributed by atoms with van der Waals surface area (Å²) in [5.41, 5.74) is 0.562. The molecule has 0 aliphatic carbocycles. The zero-order valence-electron chi connectivity index (χ0n) is 12.5. The van der Waals surface area contributed by atoms with Crippen LogP contribution in [0.15, 0.2) is 24.3 Å². The normalized spacial score (nSPS) is 14.0. The lowest BCUT2D eigenvalue weighted by Gasteiger charge is -2.26. The average Bonchev–Trinajstić information content (AvgIpc) is 2.62. The molecule has 3 rings (SSSR count). The summed E-state index contributed by atoms with van der Waals surface area (Å²) in [6, 6.07) is 7.74. The first-order chi connectivity index (χ1) is 11.7. The number of nitro groups is 1. The molecule has 0 amide bonds. The minimum atomic E-state index is -0.475. The predicted octanol–water partition coefficient (Wildman–Crippen LogP) is 1.23. The van der Waals surface area contributed by atoms with Gasteiger partial charge in [0.25, 0.3) is 5.69 Å². The zero-order chi connectivity index (χ0) is 16.9. The van der Waals surface area contributed by atoms with E-state index >= 15 is 0 Å². The predicted molar refractivity (Wildman–Crippen MR) is 84.0 cm³/mol. The number of non-ortho nitro benzene ring substituents is 1. The van der Waals surface area contributed by atoms with Crippen LogP contribution in [0.4, 0.5) is 23.3 Å². The van der Waals surface area contributed by atoms with Crippen LogP contribution < -0.4 is 10.2 Å². The first-order valence-corrected chi connectivity index (χ1v) is 7.16. The molecule has 0 spiro atoms. The quantitative estimate of drug-likeness (QED) is 0.650. The van der Waals surface area contributed by atoms with E-state index < -0.39 is 4.92 Å². The van der Waals surface area contributed by atoms with Crippen molar-refractivity contribution in [2.24, 2.45) is 0 Å². The standard InChI is InChI=1S/C14H13N7O3/c15-9-12-17-13(16-10-1-3-11(4-2-10)21(22)23)19-14(18-12)20-5-7-24-8-6-20/h1-4H,5-8H2,(H,16,17,18,19). The van der Waals surface area contributed by atoms with Gasteiger partial charge in [-0.2, -0.15) is 20.2 Å². The Bertz CT molecular complexity index is 782. The lowest BCUT2D eigenvalue weighted by atomic mass is 10.3. The van der Waals surface area contributed by atoms with E-state index in [1.54, 1.807) is 12.1 Å². The first-order valence-electron chi connectivity index (χ1n) is 7.16. The highest BCUT2D eigenvalue weighted by atomic mass is 16.6. The van der Waals surface area contributed by atoms with Gasteiger partial charge < -0.3 is 15.0 Å². The number of nitrogens with one attached hydrogen (secondary N) is 1. The summed E-state index contributed by atoms with van der Waals surface area (Å²) >= 11 is 0. The highest BCUT2D eigenvalue weighted by molar-refractivity contribution is 5.56. The average molecular weight is 327 g/mol. The summed E-state index contributed by atoms with van der Waals surface area (Å²) in [5, 5.41) is 22.7. The lowest BCUT2D eigenvalue weighted by molar-refractivity contribution is -0.384. The van der Waals surface area contributed by atoms with Crippen molar-refractivity contribution < 1.29 is 9.66 Å². The Morgan fingerprint density at radius 2 is 1.92 bits per heavy atom. The highest BCUT2D eigenvalue weighted by Gasteiger charge is 2.16. The Labute approximate surface area is 136 Å². The minimum absolute atomic E-state index is 0.00379. The molecule has 0 atom stereocenters. The number of aromatic nitrogens is 3. The van der Waals surface area contributed by atoms with E-state index in [2.05, 4.69) is 20.3 Å². The van der Waals surface area contributed by atoms with Gasteiger partial charge in [-0.1, -0.05) is 0 Å². The smallest absolute Gasteiger partial charge is 0.269 e. The van der Waals surface area contributed by atoms with E-state index in [0.29, 0.717) is 37.9 Å². The number of rotatable bonds is 4. The van der Waals surface area contributed by atoms with Crippen LogP contribution in [0.2, 0.25) is 0 Å². The van der Waals surface area contributed by atoms with Gasteiger partial charge in [-0.15, -0.1) is 0 Å². The van der Waals surface area contributed by atoms with Crippen molar-refractivity contribution in [2.75, 3.05) is 36.5 Å². The van der Waals surface area contributed by atoms with E-state index in [-0.39, 0.29) is 17.5 Å². The van der Waals surface area contributed by atoms with Crippen LogP contribution in [0.25, 0.3) is 0 Å². The third-order valence-electron chi connectivity index (χ3n) is 3.35. The third kappa shape index (κ3) is 3.53. The van der Waals surface area contributed by atoms with Crippen molar-refractivity contribution in [3.05, 3.63) is 40.2 Å². The summed E-state index contributed by atoms with van der Waals surface area (Å²) < 4.78 is 5.29.